The Bertz CT molecular complexity index is 1040. The van der Waals surface area contributed by atoms with Crippen molar-refractivity contribution in [2.75, 3.05) is 5.73 Å². The molecule has 2 fully saturated rings. The Morgan fingerprint density at radius 3 is 2.77 bits per heavy atom. The van der Waals surface area contributed by atoms with Gasteiger partial charge < -0.3 is 25.6 Å². The van der Waals surface area contributed by atoms with Gasteiger partial charge in [-0.15, -0.1) is 0 Å². The predicted molar refractivity (Wildman–Crippen MR) is 115 cm³/mol. The van der Waals surface area contributed by atoms with Gasteiger partial charge in [0.2, 0.25) is 0 Å². The Morgan fingerprint density at radius 1 is 1.23 bits per heavy atom. The van der Waals surface area contributed by atoms with Crippen molar-refractivity contribution in [1.29, 1.82) is 0 Å². The number of hydrogen-bond donors (Lipinski definition) is 3. The Kier molecular flexibility index (Phi) is 5.47. The van der Waals surface area contributed by atoms with E-state index in [9.17, 15) is 5.11 Å². The molecule has 9 nitrogen and oxygen atoms in total. The van der Waals surface area contributed by atoms with E-state index in [1.165, 1.54) is 0 Å². The fourth-order valence-electron chi connectivity index (χ4n) is 4.45. The molecule has 1 aliphatic heterocycles. The third kappa shape index (κ3) is 3.96. The van der Waals surface area contributed by atoms with Crippen molar-refractivity contribution in [2.24, 2.45) is 0 Å². The summed E-state index contributed by atoms with van der Waals surface area (Å²) >= 11 is 0. The molecule has 0 unspecified atom stereocenters. The van der Waals surface area contributed by atoms with Gasteiger partial charge in [-0.1, -0.05) is 30.3 Å². The second-order valence-corrected chi connectivity index (χ2v) is 8.35. The molecule has 164 valence electrons. The minimum Gasteiger partial charge on any atom is -0.460 e. The van der Waals surface area contributed by atoms with E-state index in [2.05, 4.69) is 20.3 Å². The molecule has 0 amide bonds. The van der Waals surface area contributed by atoms with Crippen LogP contribution in [0.25, 0.3) is 11.2 Å². The van der Waals surface area contributed by atoms with Crippen LogP contribution in [-0.4, -0.2) is 49.0 Å². The van der Waals surface area contributed by atoms with E-state index < -0.39 is 12.3 Å². The molecule has 0 bridgehead atoms. The van der Waals surface area contributed by atoms with Crippen LogP contribution in [-0.2, 0) is 11.3 Å². The molecule has 4 N–H and O–H groups in total. The molecule has 1 saturated heterocycles. The van der Waals surface area contributed by atoms with Gasteiger partial charge in [0, 0.05) is 6.54 Å². The molecule has 2 aliphatic rings. The van der Waals surface area contributed by atoms with Gasteiger partial charge in [-0.2, -0.15) is 9.97 Å². The Balaban J connectivity index is 1.43. The van der Waals surface area contributed by atoms with Crippen molar-refractivity contribution in [1.82, 2.24) is 24.8 Å². The number of fused-ring (bicyclic) bond motifs is 1. The summed E-state index contributed by atoms with van der Waals surface area (Å²) in [6.45, 7) is 2.47. The number of nitrogen functional groups attached to an aromatic ring is 1. The second kappa shape index (κ2) is 8.41. The number of nitrogens with one attached hydrogen (secondary N) is 1. The zero-order valence-corrected chi connectivity index (χ0v) is 17.5. The molecule has 31 heavy (non-hydrogen) atoms. The number of anilines is 1. The van der Waals surface area contributed by atoms with Gasteiger partial charge in [0.25, 0.3) is 0 Å². The van der Waals surface area contributed by atoms with Crippen molar-refractivity contribution >= 4 is 17.0 Å². The third-order valence-corrected chi connectivity index (χ3v) is 6.17. The van der Waals surface area contributed by atoms with E-state index in [-0.39, 0.29) is 30.1 Å². The molecule has 0 radical (unpaired) electrons. The highest BCUT2D eigenvalue weighted by molar-refractivity contribution is 5.82. The summed E-state index contributed by atoms with van der Waals surface area (Å²) in [7, 11) is 0. The number of ether oxygens (including phenoxy) is 2. The number of nitrogens with zero attached hydrogens (tertiary/aromatic N) is 4. The van der Waals surface area contributed by atoms with Gasteiger partial charge >= 0.3 is 6.01 Å². The smallest absolute Gasteiger partial charge is 0.320 e. The first-order valence-corrected chi connectivity index (χ1v) is 10.9. The van der Waals surface area contributed by atoms with Gasteiger partial charge in [0.1, 0.15) is 6.10 Å². The lowest BCUT2D eigenvalue weighted by Crippen LogP contribution is -2.42. The Hall–Kier alpha value is -2.75. The summed E-state index contributed by atoms with van der Waals surface area (Å²) < 4.78 is 13.9. The largest absolute Gasteiger partial charge is 0.460 e. The maximum absolute atomic E-state index is 10.8. The lowest BCUT2D eigenvalue weighted by atomic mass is 10.1. The lowest BCUT2D eigenvalue weighted by molar-refractivity contribution is -0.00865. The number of aromatic nitrogens is 4. The monoisotopic (exact) mass is 424 g/mol. The molecule has 4 atom stereocenters. The SMILES string of the molecule is C[C@H]1O[C@@H](n2cnc3c(N)nc(OC4CCCC4)nc32)[C@H](NCc2ccccc2)[C@@H]1O. The minimum absolute atomic E-state index is 0.123. The van der Waals surface area contributed by atoms with Crippen LogP contribution in [0.15, 0.2) is 36.7 Å². The van der Waals surface area contributed by atoms with Gasteiger partial charge in [-0.05, 0) is 38.2 Å². The van der Waals surface area contributed by atoms with Crippen molar-refractivity contribution in [2.45, 2.75) is 69.7 Å². The molecular weight excluding hydrogens is 396 g/mol. The number of nitrogens with two attached hydrogens (primary N) is 1. The predicted octanol–water partition coefficient (Wildman–Crippen LogP) is 2.17. The Labute approximate surface area is 180 Å². The summed E-state index contributed by atoms with van der Waals surface area (Å²) in [5, 5.41) is 14.2. The number of hydrogen-bond acceptors (Lipinski definition) is 8. The number of rotatable bonds is 6. The minimum atomic E-state index is -0.681. The van der Waals surface area contributed by atoms with E-state index in [1.54, 1.807) is 6.33 Å². The normalized spacial score (nSPS) is 26.6. The molecule has 9 heteroatoms. The van der Waals surface area contributed by atoms with Crippen LogP contribution in [0.2, 0.25) is 0 Å². The topological polar surface area (TPSA) is 120 Å². The molecule has 3 heterocycles. The fraction of sp³-hybridized carbons (Fsp3) is 0.500. The third-order valence-electron chi connectivity index (χ3n) is 6.17. The van der Waals surface area contributed by atoms with Crippen molar-refractivity contribution in [3.05, 3.63) is 42.2 Å². The van der Waals surface area contributed by atoms with E-state index in [0.717, 1.165) is 31.2 Å². The van der Waals surface area contributed by atoms with Crippen LogP contribution >= 0.6 is 0 Å². The van der Waals surface area contributed by atoms with E-state index in [1.807, 2.05) is 41.8 Å². The highest BCUT2D eigenvalue weighted by atomic mass is 16.5. The zero-order chi connectivity index (χ0) is 21.4. The molecule has 1 saturated carbocycles. The lowest BCUT2D eigenvalue weighted by Gasteiger charge is -2.23. The number of aliphatic hydroxyl groups excluding tert-OH is 1. The molecule has 0 spiro atoms. The second-order valence-electron chi connectivity index (χ2n) is 8.35. The zero-order valence-electron chi connectivity index (χ0n) is 17.5. The summed E-state index contributed by atoms with van der Waals surface area (Å²) in [6.07, 6.45) is 4.56. The Morgan fingerprint density at radius 2 is 2.00 bits per heavy atom. The van der Waals surface area contributed by atoms with Crippen LogP contribution < -0.4 is 15.8 Å². The van der Waals surface area contributed by atoms with Crippen LogP contribution in [0.1, 0.15) is 44.4 Å². The maximum Gasteiger partial charge on any atom is 0.320 e. The van der Waals surface area contributed by atoms with Crippen LogP contribution in [0.3, 0.4) is 0 Å². The van der Waals surface area contributed by atoms with Crippen LogP contribution in [0, 0.1) is 0 Å². The summed E-state index contributed by atoms with van der Waals surface area (Å²) in [6, 6.07) is 9.97. The van der Waals surface area contributed by atoms with Crippen LogP contribution in [0.5, 0.6) is 6.01 Å². The fourth-order valence-corrected chi connectivity index (χ4v) is 4.45. The summed E-state index contributed by atoms with van der Waals surface area (Å²) in [5.41, 5.74) is 8.32. The average molecular weight is 425 g/mol. The van der Waals surface area contributed by atoms with Crippen molar-refractivity contribution < 1.29 is 14.6 Å². The number of aliphatic hydroxyl groups is 1. The van der Waals surface area contributed by atoms with E-state index in [4.69, 9.17) is 15.2 Å². The molecule has 1 aliphatic carbocycles. The van der Waals surface area contributed by atoms with Gasteiger partial charge in [0.15, 0.2) is 23.2 Å². The number of imidazole rings is 1. The highest BCUT2D eigenvalue weighted by Crippen LogP contribution is 2.33. The van der Waals surface area contributed by atoms with Gasteiger partial charge in [-0.3, -0.25) is 4.57 Å². The standard InChI is InChI=1S/C22H28N6O3/c1-13-18(29)16(24-11-14-7-3-2-4-8-14)21(30-13)28-12-25-17-19(23)26-22(27-20(17)28)31-15-9-5-6-10-15/h2-4,7-8,12-13,15-16,18,21,24,29H,5-6,9-11H2,1H3,(H2,23,26,27)/t13-,16-,18-,21-/m1/s1. The first-order valence-electron chi connectivity index (χ1n) is 10.9. The molecular formula is C22H28N6O3. The summed E-state index contributed by atoms with van der Waals surface area (Å²) in [5.74, 6) is 0.275. The van der Waals surface area contributed by atoms with Crippen molar-refractivity contribution in [3.63, 3.8) is 0 Å². The van der Waals surface area contributed by atoms with Gasteiger partial charge in [-0.25, -0.2) is 4.98 Å². The highest BCUT2D eigenvalue weighted by Gasteiger charge is 2.43. The van der Waals surface area contributed by atoms with Crippen LogP contribution in [0.4, 0.5) is 5.82 Å². The first-order chi connectivity index (χ1) is 15.1. The molecule has 3 aromatic rings. The molecule has 5 rings (SSSR count). The van der Waals surface area contributed by atoms with E-state index in [0.29, 0.717) is 17.7 Å². The maximum atomic E-state index is 10.8. The molecule has 2 aromatic heterocycles. The van der Waals surface area contributed by atoms with Gasteiger partial charge in [0.05, 0.1) is 24.6 Å². The average Bonchev–Trinajstić information content (AvgIpc) is 3.49. The quantitative estimate of drug-likeness (QED) is 0.551. The number of benzene rings is 1. The molecule has 1 aromatic carbocycles. The summed E-state index contributed by atoms with van der Waals surface area (Å²) in [4.78, 5) is 13.3. The first kappa shape index (κ1) is 20.2. The van der Waals surface area contributed by atoms with Crippen molar-refractivity contribution in [3.8, 4) is 6.01 Å². The van der Waals surface area contributed by atoms with E-state index >= 15 is 0 Å².